The van der Waals surface area contributed by atoms with Crippen molar-refractivity contribution in [3.63, 3.8) is 0 Å². The molecule has 0 aliphatic heterocycles. The molecular weight excluding hydrogens is 128 g/mol. The molecule has 0 bridgehead atoms. The van der Waals surface area contributed by atoms with Gasteiger partial charge in [0, 0.05) is 5.57 Å². The Hall–Kier alpha value is -0.660. The Morgan fingerprint density at radius 1 is 1.20 bits per heavy atom. The van der Waals surface area contributed by atoms with Gasteiger partial charge in [0.15, 0.2) is 0 Å². The van der Waals surface area contributed by atoms with Gasteiger partial charge < -0.3 is 9.47 Å². The third-order valence-corrected chi connectivity index (χ3v) is 0.936. The SMILES string of the molecule is COC(OC(C)C)=C(C)C. The molecule has 2 nitrogen and oxygen atoms in total. The van der Waals surface area contributed by atoms with E-state index in [0.717, 1.165) is 5.57 Å². The molecule has 0 aliphatic rings. The highest BCUT2D eigenvalue weighted by molar-refractivity contribution is 4.95. The third-order valence-electron chi connectivity index (χ3n) is 0.936. The summed E-state index contributed by atoms with van der Waals surface area (Å²) >= 11 is 0. The average Bonchev–Trinajstić information content (AvgIpc) is 1.81. The van der Waals surface area contributed by atoms with Crippen molar-refractivity contribution in [2.75, 3.05) is 7.11 Å². The van der Waals surface area contributed by atoms with Gasteiger partial charge in [0.25, 0.3) is 5.95 Å². The van der Waals surface area contributed by atoms with Crippen LogP contribution in [-0.4, -0.2) is 13.2 Å². The van der Waals surface area contributed by atoms with E-state index in [2.05, 4.69) is 0 Å². The molecule has 0 fully saturated rings. The van der Waals surface area contributed by atoms with Crippen LogP contribution < -0.4 is 0 Å². The molecule has 0 unspecified atom stereocenters. The molecule has 0 atom stereocenters. The van der Waals surface area contributed by atoms with Crippen LogP contribution >= 0.6 is 0 Å². The van der Waals surface area contributed by atoms with Crippen molar-refractivity contribution in [3.8, 4) is 0 Å². The van der Waals surface area contributed by atoms with E-state index in [4.69, 9.17) is 9.47 Å². The molecule has 0 N–H and O–H groups in total. The summed E-state index contributed by atoms with van der Waals surface area (Å²) in [6.07, 6.45) is 0.185. The quantitative estimate of drug-likeness (QED) is 0.566. The lowest BCUT2D eigenvalue weighted by atomic mass is 10.4. The molecule has 0 aromatic carbocycles. The van der Waals surface area contributed by atoms with Crippen LogP contribution in [0.25, 0.3) is 0 Å². The van der Waals surface area contributed by atoms with E-state index in [-0.39, 0.29) is 6.10 Å². The predicted molar refractivity (Wildman–Crippen MR) is 41.6 cm³/mol. The molecule has 0 radical (unpaired) electrons. The van der Waals surface area contributed by atoms with E-state index < -0.39 is 0 Å². The van der Waals surface area contributed by atoms with Crippen LogP contribution in [0.5, 0.6) is 0 Å². The average molecular weight is 144 g/mol. The Morgan fingerprint density at radius 3 is 1.80 bits per heavy atom. The van der Waals surface area contributed by atoms with Crippen molar-refractivity contribution in [1.29, 1.82) is 0 Å². The first-order valence-electron chi connectivity index (χ1n) is 3.46. The molecule has 0 saturated carbocycles. The van der Waals surface area contributed by atoms with Crippen LogP contribution in [0.15, 0.2) is 11.5 Å². The second kappa shape index (κ2) is 4.20. The number of methoxy groups -OCH3 is 1. The van der Waals surface area contributed by atoms with Gasteiger partial charge in [-0.2, -0.15) is 0 Å². The predicted octanol–water partition coefficient (Wildman–Crippen LogP) is 2.31. The number of hydrogen-bond donors (Lipinski definition) is 0. The summed E-state index contributed by atoms with van der Waals surface area (Å²) in [5, 5.41) is 0. The first-order valence-corrected chi connectivity index (χ1v) is 3.46. The zero-order valence-electron chi connectivity index (χ0n) is 7.39. The van der Waals surface area contributed by atoms with Crippen LogP contribution in [0.2, 0.25) is 0 Å². The Labute approximate surface area is 62.8 Å². The summed E-state index contributed by atoms with van der Waals surface area (Å²) in [7, 11) is 1.62. The first kappa shape index (κ1) is 9.34. The highest BCUT2D eigenvalue weighted by Gasteiger charge is 2.01. The van der Waals surface area contributed by atoms with Crippen LogP contribution in [0.4, 0.5) is 0 Å². The molecule has 0 spiro atoms. The van der Waals surface area contributed by atoms with Gasteiger partial charge >= 0.3 is 0 Å². The van der Waals surface area contributed by atoms with Crippen molar-refractivity contribution < 1.29 is 9.47 Å². The van der Waals surface area contributed by atoms with E-state index in [1.165, 1.54) is 0 Å². The lowest BCUT2D eigenvalue weighted by Gasteiger charge is -2.12. The normalized spacial score (nSPS) is 9.40. The van der Waals surface area contributed by atoms with Crippen LogP contribution in [-0.2, 0) is 9.47 Å². The summed E-state index contributed by atoms with van der Waals surface area (Å²) in [4.78, 5) is 0. The van der Waals surface area contributed by atoms with Crippen LogP contribution in [0.3, 0.4) is 0 Å². The van der Waals surface area contributed by atoms with Gasteiger partial charge in [0.05, 0.1) is 13.2 Å². The zero-order valence-corrected chi connectivity index (χ0v) is 7.39. The van der Waals surface area contributed by atoms with Gasteiger partial charge in [-0.3, -0.25) is 0 Å². The Bertz CT molecular complexity index is 121. The molecule has 0 aromatic rings. The minimum atomic E-state index is 0.185. The number of rotatable bonds is 3. The van der Waals surface area contributed by atoms with Gasteiger partial charge in [-0.1, -0.05) is 0 Å². The maximum atomic E-state index is 5.32. The lowest BCUT2D eigenvalue weighted by molar-refractivity contribution is 0.0242. The minimum Gasteiger partial charge on any atom is -0.469 e. The topological polar surface area (TPSA) is 18.5 Å². The number of ether oxygens (including phenoxy) is 2. The van der Waals surface area contributed by atoms with Gasteiger partial charge in [-0.15, -0.1) is 0 Å². The molecular formula is C8H16O2. The smallest absolute Gasteiger partial charge is 0.277 e. The van der Waals surface area contributed by atoms with Crippen LogP contribution in [0, 0.1) is 0 Å². The maximum Gasteiger partial charge on any atom is 0.277 e. The van der Waals surface area contributed by atoms with E-state index in [1.807, 2.05) is 27.7 Å². The summed E-state index contributed by atoms with van der Waals surface area (Å²) in [6, 6.07) is 0. The highest BCUT2D eigenvalue weighted by Crippen LogP contribution is 2.07. The van der Waals surface area contributed by atoms with Crippen LogP contribution in [0.1, 0.15) is 27.7 Å². The lowest BCUT2D eigenvalue weighted by Crippen LogP contribution is -2.04. The number of hydrogen-bond acceptors (Lipinski definition) is 2. The van der Waals surface area contributed by atoms with Gasteiger partial charge in [-0.25, -0.2) is 0 Å². The van der Waals surface area contributed by atoms with E-state index in [9.17, 15) is 0 Å². The van der Waals surface area contributed by atoms with Crippen molar-refractivity contribution in [2.24, 2.45) is 0 Å². The fourth-order valence-electron chi connectivity index (χ4n) is 0.584. The van der Waals surface area contributed by atoms with Crippen molar-refractivity contribution in [3.05, 3.63) is 11.5 Å². The largest absolute Gasteiger partial charge is 0.469 e. The summed E-state index contributed by atoms with van der Waals surface area (Å²) < 4.78 is 10.3. The second-order valence-electron chi connectivity index (χ2n) is 2.66. The zero-order chi connectivity index (χ0) is 8.15. The molecule has 60 valence electrons. The molecule has 0 amide bonds. The molecule has 0 heterocycles. The standard InChI is InChI=1S/C8H16O2/c1-6(2)8(9-5)10-7(3)4/h7H,1-5H3. The Balaban J connectivity index is 3.97. The van der Waals surface area contributed by atoms with Crippen molar-refractivity contribution in [1.82, 2.24) is 0 Å². The minimum absolute atomic E-state index is 0.185. The van der Waals surface area contributed by atoms with Gasteiger partial charge in [0.1, 0.15) is 0 Å². The monoisotopic (exact) mass is 144 g/mol. The van der Waals surface area contributed by atoms with E-state index in [0.29, 0.717) is 5.95 Å². The van der Waals surface area contributed by atoms with Crippen molar-refractivity contribution >= 4 is 0 Å². The summed E-state index contributed by atoms with van der Waals surface area (Å²) in [5.41, 5.74) is 1.07. The number of allylic oxidation sites excluding steroid dienone is 1. The maximum absolute atomic E-state index is 5.32. The van der Waals surface area contributed by atoms with Gasteiger partial charge in [-0.05, 0) is 27.7 Å². The first-order chi connectivity index (χ1) is 4.57. The Morgan fingerprint density at radius 2 is 1.70 bits per heavy atom. The molecule has 10 heavy (non-hydrogen) atoms. The molecule has 0 aromatic heterocycles. The van der Waals surface area contributed by atoms with E-state index >= 15 is 0 Å². The summed E-state index contributed by atoms with van der Waals surface area (Å²) in [6.45, 7) is 7.87. The Kier molecular flexibility index (Phi) is 3.93. The third kappa shape index (κ3) is 3.38. The van der Waals surface area contributed by atoms with E-state index in [1.54, 1.807) is 7.11 Å². The fraction of sp³-hybridized carbons (Fsp3) is 0.750. The second-order valence-corrected chi connectivity index (χ2v) is 2.66. The fourth-order valence-corrected chi connectivity index (χ4v) is 0.584. The highest BCUT2D eigenvalue weighted by atomic mass is 16.7. The van der Waals surface area contributed by atoms with Gasteiger partial charge in [0.2, 0.25) is 0 Å². The molecule has 2 heteroatoms. The van der Waals surface area contributed by atoms with Crippen molar-refractivity contribution in [2.45, 2.75) is 33.8 Å². The molecule has 0 saturated heterocycles. The molecule has 0 aliphatic carbocycles. The summed E-state index contributed by atoms with van der Waals surface area (Å²) in [5.74, 6) is 0.634. The molecule has 0 rings (SSSR count).